The first-order valence-electron chi connectivity index (χ1n) is 5.93. The number of carboxylic acid groups (broad SMARTS) is 1. The molecule has 0 spiro atoms. The smallest absolute Gasteiger partial charge is 0.305 e. The largest absolute Gasteiger partial charge is 0.481 e. The highest BCUT2D eigenvalue weighted by Crippen LogP contribution is 2.29. The lowest BCUT2D eigenvalue weighted by atomic mass is 10.2. The molecular weight excluding hydrogens is 289 g/mol. The highest BCUT2D eigenvalue weighted by molar-refractivity contribution is 6.35. The van der Waals surface area contributed by atoms with Gasteiger partial charge in [0.25, 0.3) is 0 Å². The Kier molecular flexibility index (Phi) is 6.12. The molecular formula is C13H15Cl2NO3. The van der Waals surface area contributed by atoms with Gasteiger partial charge in [-0.25, -0.2) is 0 Å². The minimum absolute atomic E-state index is 0.0776. The maximum atomic E-state index is 12.1. The van der Waals surface area contributed by atoms with Crippen molar-refractivity contribution in [3.8, 4) is 0 Å². The number of carboxylic acids is 1. The Hall–Kier alpha value is -1.26. The Balaban J connectivity index is 3.03. The molecule has 0 unspecified atom stereocenters. The minimum atomic E-state index is -0.965. The fourth-order valence-electron chi connectivity index (χ4n) is 1.63. The number of hydrogen-bond acceptors (Lipinski definition) is 2. The van der Waals surface area contributed by atoms with Gasteiger partial charge >= 0.3 is 5.97 Å². The molecule has 1 amide bonds. The van der Waals surface area contributed by atoms with E-state index in [2.05, 4.69) is 0 Å². The maximum Gasteiger partial charge on any atom is 0.305 e. The molecule has 1 N–H and O–H groups in total. The Labute approximate surface area is 121 Å². The van der Waals surface area contributed by atoms with E-state index >= 15 is 0 Å². The quantitative estimate of drug-likeness (QED) is 0.873. The van der Waals surface area contributed by atoms with E-state index in [9.17, 15) is 9.59 Å². The number of hydrogen-bond donors (Lipinski definition) is 1. The van der Waals surface area contributed by atoms with Gasteiger partial charge in [-0.3, -0.25) is 9.59 Å². The summed E-state index contributed by atoms with van der Waals surface area (Å²) in [5.74, 6) is -1.12. The van der Waals surface area contributed by atoms with E-state index in [1.165, 1.54) is 4.90 Å². The van der Waals surface area contributed by atoms with Crippen LogP contribution in [0.25, 0.3) is 0 Å². The fourth-order valence-corrected chi connectivity index (χ4v) is 2.01. The van der Waals surface area contributed by atoms with Gasteiger partial charge in [0.15, 0.2) is 0 Å². The first-order valence-corrected chi connectivity index (χ1v) is 6.68. The summed E-state index contributed by atoms with van der Waals surface area (Å²) in [5, 5.41) is 9.57. The van der Waals surface area contributed by atoms with E-state index in [1.54, 1.807) is 18.2 Å². The Morgan fingerprint density at radius 2 is 1.95 bits per heavy atom. The number of carbonyl (C=O) groups excluding carboxylic acids is 1. The van der Waals surface area contributed by atoms with Crippen LogP contribution in [0, 0.1) is 0 Å². The highest BCUT2D eigenvalue weighted by Gasteiger charge is 2.18. The molecule has 0 heterocycles. The fraction of sp³-hybridized carbons (Fsp3) is 0.385. The molecule has 1 rings (SSSR count). The third kappa shape index (κ3) is 4.73. The molecule has 0 radical (unpaired) electrons. The van der Waals surface area contributed by atoms with E-state index in [0.717, 1.165) is 0 Å². The van der Waals surface area contributed by atoms with Gasteiger partial charge in [0.1, 0.15) is 0 Å². The van der Waals surface area contributed by atoms with Gasteiger partial charge < -0.3 is 10.0 Å². The molecule has 0 bridgehead atoms. The van der Waals surface area contributed by atoms with Crippen molar-refractivity contribution in [2.24, 2.45) is 0 Å². The zero-order chi connectivity index (χ0) is 14.4. The predicted molar refractivity (Wildman–Crippen MR) is 76.0 cm³/mol. The molecule has 0 aliphatic heterocycles. The number of amides is 1. The monoisotopic (exact) mass is 303 g/mol. The zero-order valence-electron chi connectivity index (χ0n) is 10.5. The standard InChI is InChI=1S/C13H15Cl2NO3/c1-2-3-12(17)16(7-6-13(18)19)11-8-9(14)4-5-10(11)15/h4-5,8H,2-3,6-7H2,1H3,(H,18,19). The van der Waals surface area contributed by atoms with Gasteiger partial charge in [0, 0.05) is 18.0 Å². The van der Waals surface area contributed by atoms with Crippen LogP contribution in [-0.4, -0.2) is 23.5 Å². The van der Waals surface area contributed by atoms with Gasteiger partial charge in [-0.15, -0.1) is 0 Å². The lowest BCUT2D eigenvalue weighted by Crippen LogP contribution is -2.33. The van der Waals surface area contributed by atoms with E-state index < -0.39 is 5.97 Å². The molecule has 0 aliphatic carbocycles. The van der Waals surface area contributed by atoms with E-state index in [4.69, 9.17) is 28.3 Å². The van der Waals surface area contributed by atoms with Gasteiger partial charge in [-0.2, -0.15) is 0 Å². The molecule has 0 aromatic heterocycles. The van der Waals surface area contributed by atoms with Crippen molar-refractivity contribution in [2.45, 2.75) is 26.2 Å². The molecule has 0 saturated carbocycles. The van der Waals surface area contributed by atoms with E-state index in [0.29, 0.717) is 28.6 Å². The van der Waals surface area contributed by atoms with Crippen LogP contribution in [0.15, 0.2) is 18.2 Å². The van der Waals surface area contributed by atoms with Gasteiger partial charge in [0.2, 0.25) is 5.91 Å². The number of halogens is 2. The topological polar surface area (TPSA) is 57.6 Å². The summed E-state index contributed by atoms with van der Waals surface area (Å²) in [4.78, 5) is 24.1. The van der Waals surface area contributed by atoms with Crippen LogP contribution in [0.5, 0.6) is 0 Å². The van der Waals surface area contributed by atoms with Crippen molar-refractivity contribution >= 4 is 40.8 Å². The van der Waals surface area contributed by atoms with Crippen LogP contribution in [0.3, 0.4) is 0 Å². The Morgan fingerprint density at radius 3 is 2.53 bits per heavy atom. The molecule has 0 saturated heterocycles. The first-order chi connectivity index (χ1) is 8.95. The predicted octanol–water partition coefficient (Wildman–Crippen LogP) is 3.60. The number of carbonyl (C=O) groups is 2. The average molecular weight is 304 g/mol. The van der Waals surface area contributed by atoms with Crippen LogP contribution in [0.1, 0.15) is 26.2 Å². The number of benzene rings is 1. The number of aliphatic carboxylic acids is 1. The summed E-state index contributed by atoms with van der Waals surface area (Å²) < 4.78 is 0. The van der Waals surface area contributed by atoms with Crippen LogP contribution >= 0.6 is 23.2 Å². The second-order valence-electron chi connectivity index (χ2n) is 4.03. The molecule has 1 aromatic rings. The van der Waals surface area contributed by atoms with Crippen molar-refractivity contribution < 1.29 is 14.7 Å². The summed E-state index contributed by atoms with van der Waals surface area (Å²) in [7, 11) is 0. The van der Waals surface area contributed by atoms with Crippen molar-refractivity contribution in [1.29, 1.82) is 0 Å². The van der Waals surface area contributed by atoms with Crippen LogP contribution < -0.4 is 4.90 Å². The Bertz CT molecular complexity index is 477. The van der Waals surface area contributed by atoms with Crippen LogP contribution in [-0.2, 0) is 9.59 Å². The van der Waals surface area contributed by atoms with Crippen LogP contribution in [0.2, 0.25) is 10.0 Å². The zero-order valence-corrected chi connectivity index (χ0v) is 12.0. The summed E-state index contributed by atoms with van der Waals surface area (Å²) in [5.41, 5.74) is 0.453. The third-order valence-electron chi connectivity index (χ3n) is 2.51. The lowest BCUT2D eigenvalue weighted by molar-refractivity contribution is -0.136. The molecule has 0 aliphatic rings. The molecule has 104 valence electrons. The first kappa shape index (κ1) is 15.8. The summed E-state index contributed by atoms with van der Waals surface area (Å²) >= 11 is 11.9. The van der Waals surface area contributed by atoms with Crippen molar-refractivity contribution in [1.82, 2.24) is 0 Å². The van der Waals surface area contributed by atoms with Crippen molar-refractivity contribution in [2.75, 3.05) is 11.4 Å². The summed E-state index contributed by atoms with van der Waals surface area (Å²) in [6.07, 6.45) is 0.876. The second-order valence-corrected chi connectivity index (χ2v) is 4.88. The van der Waals surface area contributed by atoms with Crippen molar-refractivity contribution in [3.05, 3.63) is 28.2 Å². The molecule has 1 aromatic carbocycles. The molecule has 0 fully saturated rings. The van der Waals surface area contributed by atoms with Gasteiger partial charge in [0.05, 0.1) is 17.1 Å². The molecule has 19 heavy (non-hydrogen) atoms. The maximum absolute atomic E-state index is 12.1. The Morgan fingerprint density at radius 1 is 1.26 bits per heavy atom. The summed E-state index contributed by atoms with van der Waals surface area (Å²) in [6, 6.07) is 4.78. The third-order valence-corrected chi connectivity index (χ3v) is 3.07. The van der Waals surface area contributed by atoms with E-state index in [-0.39, 0.29) is 18.9 Å². The normalized spacial score (nSPS) is 10.3. The van der Waals surface area contributed by atoms with E-state index in [1.807, 2.05) is 6.92 Å². The summed E-state index contributed by atoms with van der Waals surface area (Å²) in [6.45, 7) is 1.96. The number of rotatable bonds is 6. The number of nitrogens with zero attached hydrogens (tertiary/aromatic N) is 1. The van der Waals surface area contributed by atoms with Gasteiger partial charge in [-0.1, -0.05) is 30.1 Å². The average Bonchev–Trinajstić information content (AvgIpc) is 2.33. The second kappa shape index (κ2) is 7.36. The van der Waals surface area contributed by atoms with Crippen molar-refractivity contribution in [3.63, 3.8) is 0 Å². The minimum Gasteiger partial charge on any atom is -0.481 e. The van der Waals surface area contributed by atoms with Gasteiger partial charge in [-0.05, 0) is 24.6 Å². The molecule has 6 heteroatoms. The number of anilines is 1. The SMILES string of the molecule is CCCC(=O)N(CCC(=O)O)c1cc(Cl)ccc1Cl. The molecule has 4 nitrogen and oxygen atoms in total. The molecule has 0 atom stereocenters. The lowest BCUT2D eigenvalue weighted by Gasteiger charge is -2.23. The highest BCUT2D eigenvalue weighted by atomic mass is 35.5. The van der Waals surface area contributed by atoms with Crippen LogP contribution in [0.4, 0.5) is 5.69 Å².